The van der Waals surface area contributed by atoms with Gasteiger partial charge in [0, 0.05) is 30.2 Å². The van der Waals surface area contributed by atoms with Gasteiger partial charge >= 0.3 is 0 Å². The minimum atomic E-state index is 0.126. The van der Waals surface area contributed by atoms with Crippen molar-refractivity contribution in [3.8, 4) is 0 Å². The highest BCUT2D eigenvalue weighted by Crippen LogP contribution is 2.49. The van der Waals surface area contributed by atoms with Crippen LogP contribution in [-0.2, 0) is 4.79 Å². The van der Waals surface area contributed by atoms with Crippen LogP contribution in [0.25, 0.3) is 0 Å². The number of hydrogen-bond acceptors (Lipinski definition) is 2. The summed E-state index contributed by atoms with van der Waals surface area (Å²) in [5.41, 5.74) is 2.36. The van der Waals surface area contributed by atoms with Crippen LogP contribution >= 0.6 is 11.6 Å². The number of carbonyl (C=O) groups excluding carboxylic acids is 1. The Bertz CT molecular complexity index is 757. The lowest BCUT2D eigenvalue weighted by molar-refractivity contribution is -0.134. The first-order valence-corrected chi connectivity index (χ1v) is 9.04. The zero-order valence-corrected chi connectivity index (χ0v) is 14.6. The largest absolute Gasteiger partial charge is 0.340 e. The molecule has 0 spiro atoms. The molecule has 1 aromatic carbocycles. The van der Waals surface area contributed by atoms with Crippen LogP contribution < -0.4 is 0 Å². The molecule has 1 saturated heterocycles. The quantitative estimate of drug-likeness (QED) is 0.849. The van der Waals surface area contributed by atoms with E-state index in [4.69, 9.17) is 11.6 Å². The van der Waals surface area contributed by atoms with E-state index in [-0.39, 0.29) is 5.92 Å². The molecule has 2 aromatic rings. The van der Waals surface area contributed by atoms with Gasteiger partial charge in [-0.05, 0) is 55.4 Å². The predicted molar refractivity (Wildman–Crippen MR) is 94.1 cm³/mol. The van der Waals surface area contributed by atoms with E-state index in [1.165, 1.54) is 11.1 Å². The Labute approximate surface area is 147 Å². The fourth-order valence-corrected chi connectivity index (χ4v) is 4.01. The molecule has 0 bridgehead atoms. The molecule has 0 N–H and O–H groups in total. The van der Waals surface area contributed by atoms with E-state index in [1.807, 2.05) is 34.0 Å². The zero-order valence-electron chi connectivity index (χ0n) is 13.9. The zero-order chi connectivity index (χ0) is 16.7. The Morgan fingerprint density at radius 2 is 2.25 bits per heavy atom. The third-order valence-electron chi connectivity index (χ3n) is 5.20. The first-order chi connectivity index (χ1) is 11.6. The molecule has 2 fully saturated rings. The van der Waals surface area contributed by atoms with Gasteiger partial charge in [0.25, 0.3) is 0 Å². The molecule has 1 saturated carbocycles. The minimum Gasteiger partial charge on any atom is -0.340 e. The number of nitrogens with zero attached hydrogens (tertiary/aromatic N) is 3. The van der Waals surface area contributed by atoms with Crippen LogP contribution in [0, 0.1) is 12.8 Å². The Kier molecular flexibility index (Phi) is 4.09. The number of aryl methyl sites for hydroxylation is 1. The van der Waals surface area contributed by atoms with Gasteiger partial charge in [0.15, 0.2) is 0 Å². The lowest BCUT2D eigenvalue weighted by Gasteiger charge is -2.33. The maximum atomic E-state index is 12.9. The monoisotopic (exact) mass is 343 g/mol. The van der Waals surface area contributed by atoms with Gasteiger partial charge in [0.05, 0.1) is 12.2 Å². The molecule has 0 unspecified atom stereocenters. The Balaban J connectivity index is 1.42. The van der Waals surface area contributed by atoms with E-state index in [1.54, 1.807) is 0 Å². The summed E-state index contributed by atoms with van der Waals surface area (Å²) in [6.07, 6.45) is 7.04. The molecule has 1 aromatic heterocycles. The van der Waals surface area contributed by atoms with E-state index in [0.717, 1.165) is 37.4 Å². The van der Waals surface area contributed by atoms with Crippen molar-refractivity contribution in [2.75, 3.05) is 13.1 Å². The number of piperidine rings is 1. The van der Waals surface area contributed by atoms with Crippen molar-refractivity contribution in [1.82, 2.24) is 14.7 Å². The normalized spacial score (nSPS) is 26.4. The van der Waals surface area contributed by atoms with Gasteiger partial charge in [-0.3, -0.25) is 9.48 Å². The number of aromatic nitrogens is 2. The molecule has 1 aliphatic carbocycles. The van der Waals surface area contributed by atoms with Crippen LogP contribution in [0.4, 0.5) is 0 Å². The number of amides is 1. The fraction of sp³-hybridized carbons (Fsp3) is 0.474. The Morgan fingerprint density at radius 1 is 1.38 bits per heavy atom. The van der Waals surface area contributed by atoms with Gasteiger partial charge in [-0.1, -0.05) is 23.7 Å². The van der Waals surface area contributed by atoms with Crippen LogP contribution in [0.15, 0.2) is 36.7 Å². The number of benzene rings is 1. The van der Waals surface area contributed by atoms with E-state index < -0.39 is 0 Å². The van der Waals surface area contributed by atoms with Gasteiger partial charge < -0.3 is 4.90 Å². The van der Waals surface area contributed by atoms with Gasteiger partial charge in [-0.2, -0.15) is 5.10 Å². The summed E-state index contributed by atoms with van der Waals surface area (Å²) in [5, 5.41) is 5.18. The van der Waals surface area contributed by atoms with Gasteiger partial charge in [-0.15, -0.1) is 0 Å². The second-order valence-corrected chi connectivity index (χ2v) is 7.52. The van der Waals surface area contributed by atoms with Crippen LogP contribution in [0.3, 0.4) is 0 Å². The smallest absolute Gasteiger partial charge is 0.226 e. The molecule has 3 atom stereocenters. The van der Waals surface area contributed by atoms with Crippen molar-refractivity contribution in [3.05, 3.63) is 52.8 Å². The van der Waals surface area contributed by atoms with Gasteiger partial charge in [-0.25, -0.2) is 0 Å². The molecule has 0 radical (unpaired) electrons. The lowest BCUT2D eigenvalue weighted by atomic mass is 10.0. The first kappa shape index (κ1) is 15.7. The molecule has 24 heavy (non-hydrogen) atoms. The topological polar surface area (TPSA) is 38.1 Å². The van der Waals surface area contributed by atoms with Gasteiger partial charge in [0.1, 0.15) is 0 Å². The van der Waals surface area contributed by atoms with Crippen LogP contribution in [0.2, 0.25) is 5.02 Å². The number of likely N-dealkylation sites (tertiary alicyclic amines) is 1. The summed E-state index contributed by atoms with van der Waals surface area (Å²) in [4.78, 5) is 14.9. The molecule has 5 heteroatoms. The molecule has 2 aliphatic rings. The minimum absolute atomic E-state index is 0.126. The number of carbonyl (C=O) groups is 1. The standard InChI is InChI=1S/C19H22ClN3O/c1-13-10-21-23(11-13)16-6-3-7-22(12-16)19(24)18-9-17(18)14-4-2-5-15(20)8-14/h2,4-5,8,10-11,16-18H,3,6-7,9,12H2,1H3/t16-,17+,18-/m1/s1. The molecular weight excluding hydrogens is 322 g/mol. The van der Waals surface area contributed by atoms with Crippen molar-refractivity contribution >= 4 is 17.5 Å². The predicted octanol–water partition coefficient (Wildman–Crippen LogP) is 3.81. The summed E-state index contributed by atoms with van der Waals surface area (Å²) in [7, 11) is 0. The second-order valence-electron chi connectivity index (χ2n) is 7.08. The summed E-state index contributed by atoms with van der Waals surface area (Å²) in [5.74, 6) is 0.763. The third-order valence-corrected chi connectivity index (χ3v) is 5.43. The molecule has 4 rings (SSSR count). The molecule has 1 aliphatic heterocycles. The summed E-state index contributed by atoms with van der Waals surface area (Å²) in [6, 6.07) is 8.22. The van der Waals surface area contributed by atoms with Crippen LogP contribution in [-0.4, -0.2) is 33.7 Å². The molecule has 1 amide bonds. The highest BCUT2D eigenvalue weighted by atomic mass is 35.5. The average Bonchev–Trinajstić information content (AvgIpc) is 3.28. The summed E-state index contributed by atoms with van der Waals surface area (Å²) in [6.45, 7) is 3.70. The van der Waals surface area contributed by atoms with Crippen molar-refractivity contribution in [2.45, 2.75) is 38.1 Å². The average molecular weight is 344 g/mol. The summed E-state index contributed by atoms with van der Waals surface area (Å²) >= 11 is 6.08. The highest BCUT2D eigenvalue weighted by molar-refractivity contribution is 6.30. The van der Waals surface area contributed by atoms with Crippen molar-refractivity contribution in [1.29, 1.82) is 0 Å². The SMILES string of the molecule is Cc1cnn([C@@H]2CCCN(C(=O)[C@@H]3C[C@H]3c3cccc(Cl)c3)C2)c1. The molecular formula is C19H22ClN3O. The van der Waals surface area contributed by atoms with Crippen LogP contribution in [0.5, 0.6) is 0 Å². The maximum Gasteiger partial charge on any atom is 0.226 e. The van der Waals surface area contributed by atoms with E-state index in [2.05, 4.69) is 24.3 Å². The van der Waals surface area contributed by atoms with E-state index in [9.17, 15) is 4.79 Å². The summed E-state index contributed by atoms with van der Waals surface area (Å²) < 4.78 is 2.02. The van der Waals surface area contributed by atoms with Gasteiger partial charge in [0.2, 0.25) is 5.91 Å². The van der Waals surface area contributed by atoms with Crippen molar-refractivity contribution < 1.29 is 4.79 Å². The van der Waals surface area contributed by atoms with Crippen molar-refractivity contribution in [2.24, 2.45) is 5.92 Å². The van der Waals surface area contributed by atoms with E-state index >= 15 is 0 Å². The Morgan fingerprint density at radius 3 is 3.00 bits per heavy atom. The molecule has 126 valence electrons. The number of rotatable bonds is 3. The van der Waals surface area contributed by atoms with Crippen LogP contribution in [0.1, 0.15) is 42.3 Å². The number of halogens is 1. The molecule has 4 nitrogen and oxygen atoms in total. The van der Waals surface area contributed by atoms with E-state index in [0.29, 0.717) is 17.9 Å². The second kappa shape index (κ2) is 6.25. The molecule has 2 heterocycles. The Hall–Kier alpha value is -1.81. The third kappa shape index (κ3) is 3.07. The maximum absolute atomic E-state index is 12.9. The first-order valence-electron chi connectivity index (χ1n) is 8.67. The van der Waals surface area contributed by atoms with Crippen molar-refractivity contribution in [3.63, 3.8) is 0 Å². The highest BCUT2D eigenvalue weighted by Gasteiger charge is 2.46. The number of hydrogen-bond donors (Lipinski definition) is 0. The fourth-order valence-electron chi connectivity index (χ4n) is 3.81. The lowest BCUT2D eigenvalue weighted by Crippen LogP contribution is -2.41.